The van der Waals surface area contributed by atoms with Gasteiger partial charge < -0.3 is 0 Å². The summed E-state index contributed by atoms with van der Waals surface area (Å²) in [6, 6.07) is 31.9. The number of benzene rings is 3. The van der Waals surface area contributed by atoms with Crippen molar-refractivity contribution in [1.82, 2.24) is 0 Å². The van der Waals surface area contributed by atoms with Gasteiger partial charge in [0, 0.05) is 6.92 Å². The van der Waals surface area contributed by atoms with Gasteiger partial charge in [0.1, 0.15) is 28.7 Å². The van der Waals surface area contributed by atoms with E-state index in [1.165, 1.54) is 27.7 Å². The molecule has 0 spiro atoms. The van der Waals surface area contributed by atoms with Crippen LogP contribution in [0.25, 0.3) is 0 Å². The smallest absolute Gasteiger partial charge is 0.189 e. The Morgan fingerprint density at radius 3 is 1.33 bits per heavy atom. The summed E-state index contributed by atoms with van der Waals surface area (Å²) in [5.74, 6) is 0. The zero-order valence-corrected chi connectivity index (χ0v) is 15.3. The third-order valence-electron chi connectivity index (χ3n) is 4.05. The highest BCUT2D eigenvalue weighted by molar-refractivity contribution is 8.21. The van der Waals surface area contributed by atoms with Crippen LogP contribution in [0.5, 0.6) is 0 Å². The first kappa shape index (κ1) is 17.0. The van der Waals surface area contributed by atoms with E-state index in [2.05, 4.69) is 72.8 Å². The van der Waals surface area contributed by atoms with Gasteiger partial charge in [-0.05, 0) is 48.2 Å². The van der Waals surface area contributed by atoms with Gasteiger partial charge in [0.25, 0.3) is 0 Å². The summed E-state index contributed by atoms with van der Waals surface area (Å²) in [5, 5.41) is 4.12. The predicted molar refractivity (Wildman–Crippen MR) is 108 cm³/mol. The SMILES string of the molecule is CC(=O)SC[P+](c1ccccc1)(c1ccccc1)c1ccccc1. The van der Waals surface area contributed by atoms with E-state index in [1.54, 1.807) is 6.92 Å². The lowest BCUT2D eigenvalue weighted by molar-refractivity contribution is -0.109. The highest BCUT2D eigenvalue weighted by Crippen LogP contribution is 2.57. The number of hydrogen-bond donors (Lipinski definition) is 0. The van der Waals surface area contributed by atoms with E-state index in [0.29, 0.717) is 0 Å². The molecule has 0 amide bonds. The monoisotopic (exact) mass is 351 g/mol. The molecule has 0 saturated carbocycles. The van der Waals surface area contributed by atoms with Crippen molar-refractivity contribution in [3.63, 3.8) is 0 Å². The van der Waals surface area contributed by atoms with Gasteiger partial charge >= 0.3 is 0 Å². The second kappa shape index (κ2) is 7.79. The van der Waals surface area contributed by atoms with Gasteiger partial charge in [0.2, 0.25) is 0 Å². The van der Waals surface area contributed by atoms with Crippen molar-refractivity contribution >= 4 is 40.1 Å². The van der Waals surface area contributed by atoms with Crippen molar-refractivity contribution < 1.29 is 4.79 Å². The van der Waals surface area contributed by atoms with Crippen molar-refractivity contribution in [2.24, 2.45) is 0 Å². The van der Waals surface area contributed by atoms with E-state index in [9.17, 15) is 4.79 Å². The predicted octanol–water partition coefficient (Wildman–Crippen LogP) is 4.22. The summed E-state index contributed by atoms with van der Waals surface area (Å²) in [6.45, 7) is 1.65. The minimum absolute atomic E-state index is 0.169. The normalized spacial score (nSPS) is 11.2. The van der Waals surface area contributed by atoms with Crippen molar-refractivity contribution in [3.05, 3.63) is 91.0 Å². The number of rotatable bonds is 5. The molecule has 3 rings (SSSR count). The maximum absolute atomic E-state index is 11.8. The number of carbonyl (C=O) groups is 1. The summed E-state index contributed by atoms with van der Waals surface area (Å²) >= 11 is 1.43. The largest absolute Gasteiger partial charge is 0.287 e. The van der Waals surface area contributed by atoms with E-state index in [-0.39, 0.29) is 5.12 Å². The van der Waals surface area contributed by atoms with Crippen LogP contribution < -0.4 is 15.9 Å². The Kier molecular flexibility index (Phi) is 5.50. The second-order valence-electron chi connectivity index (χ2n) is 5.58. The molecule has 0 atom stereocenters. The molecule has 0 aliphatic rings. The summed E-state index contributed by atoms with van der Waals surface area (Å²) in [5.41, 5.74) is 0.792. The Bertz CT molecular complexity index is 691. The lowest BCUT2D eigenvalue weighted by atomic mass is 10.4. The topological polar surface area (TPSA) is 17.1 Å². The van der Waals surface area contributed by atoms with E-state index in [4.69, 9.17) is 0 Å². The molecule has 120 valence electrons. The Morgan fingerprint density at radius 2 is 1.04 bits per heavy atom. The fraction of sp³-hybridized carbons (Fsp3) is 0.0952. The van der Waals surface area contributed by atoms with Crippen molar-refractivity contribution in [2.45, 2.75) is 6.92 Å². The van der Waals surface area contributed by atoms with Crippen LogP contribution in [0.3, 0.4) is 0 Å². The van der Waals surface area contributed by atoms with Gasteiger partial charge in [-0.2, -0.15) is 0 Å². The molecule has 24 heavy (non-hydrogen) atoms. The molecular weight excluding hydrogens is 331 g/mol. The number of hydrogen-bond acceptors (Lipinski definition) is 2. The third-order valence-corrected chi connectivity index (χ3v) is 10.1. The second-order valence-corrected chi connectivity index (χ2v) is 10.6. The van der Waals surface area contributed by atoms with Gasteiger partial charge in [-0.15, -0.1) is 0 Å². The fourth-order valence-corrected chi connectivity index (χ4v) is 9.13. The van der Waals surface area contributed by atoms with Crippen LogP contribution >= 0.6 is 19.0 Å². The van der Waals surface area contributed by atoms with Gasteiger partial charge in [-0.1, -0.05) is 54.6 Å². The summed E-state index contributed by atoms with van der Waals surface area (Å²) in [4.78, 5) is 11.8. The number of carbonyl (C=O) groups excluding carboxylic acids is 1. The molecule has 0 unspecified atom stereocenters. The van der Waals surface area contributed by atoms with Crippen LogP contribution in [-0.4, -0.2) is 10.6 Å². The molecule has 0 aliphatic heterocycles. The molecule has 0 bridgehead atoms. The standard InChI is InChI=1S/C21H20OPS/c1-18(22)24-17-23(19-11-5-2-6-12-19,20-13-7-3-8-14-20)21-15-9-4-10-16-21/h2-16H,17H2,1H3/q+1. The van der Waals surface area contributed by atoms with Crippen LogP contribution in [0.2, 0.25) is 0 Å². The zero-order valence-electron chi connectivity index (χ0n) is 13.6. The third kappa shape index (κ3) is 3.45. The Morgan fingerprint density at radius 1 is 0.708 bits per heavy atom. The van der Waals surface area contributed by atoms with E-state index in [0.717, 1.165) is 5.49 Å². The molecule has 0 aliphatic carbocycles. The highest BCUT2D eigenvalue weighted by Gasteiger charge is 2.45. The van der Waals surface area contributed by atoms with Gasteiger partial charge in [-0.3, -0.25) is 4.79 Å². The summed E-state index contributed by atoms with van der Waals surface area (Å²) < 4.78 is 0. The van der Waals surface area contributed by atoms with Crippen molar-refractivity contribution in [1.29, 1.82) is 0 Å². The Balaban J connectivity index is 2.26. The summed E-state index contributed by atoms with van der Waals surface area (Å²) in [7, 11) is -1.87. The van der Waals surface area contributed by atoms with Crippen LogP contribution in [-0.2, 0) is 4.79 Å². The van der Waals surface area contributed by atoms with E-state index in [1.807, 2.05) is 18.2 Å². The van der Waals surface area contributed by atoms with Gasteiger partial charge in [-0.25, -0.2) is 0 Å². The average molecular weight is 351 g/mol. The zero-order chi connectivity index (χ0) is 16.8. The molecule has 3 aromatic rings. The molecule has 0 N–H and O–H groups in total. The molecule has 0 saturated heterocycles. The molecular formula is C21H20OPS+. The first-order chi connectivity index (χ1) is 11.7. The van der Waals surface area contributed by atoms with Crippen LogP contribution in [0.4, 0.5) is 0 Å². The molecule has 0 heterocycles. The van der Waals surface area contributed by atoms with Crippen LogP contribution in [0, 0.1) is 0 Å². The molecule has 0 radical (unpaired) electrons. The van der Waals surface area contributed by atoms with Gasteiger partial charge in [0.15, 0.2) is 5.12 Å². The number of thioether (sulfide) groups is 1. The first-order valence-electron chi connectivity index (χ1n) is 7.92. The van der Waals surface area contributed by atoms with E-state index < -0.39 is 7.26 Å². The minimum Gasteiger partial charge on any atom is -0.287 e. The van der Waals surface area contributed by atoms with Crippen molar-refractivity contribution in [3.8, 4) is 0 Å². The fourth-order valence-electron chi connectivity index (χ4n) is 2.91. The van der Waals surface area contributed by atoms with E-state index >= 15 is 0 Å². The Labute approximate surface area is 148 Å². The lowest BCUT2D eigenvalue weighted by Crippen LogP contribution is -2.32. The van der Waals surface area contributed by atoms with Gasteiger partial charge in [0.05, 0.1) is 0 Å². The van der Waals surface area contributed by atoms with Crippen molar-refractivity contribution in [2.75, 3.05) is 5.49 Å². The molecule has 0 aromatic heterocycles. The molecule has 3 aromatic carbocycles. The molecule has 1 nitrogen and oxygen atoms in total. The maximum atomic E-state index is 11.8. The molecule has 0 fully saturated rings. The highest BCUT2D eigenvalue weighted by atomic mass is 32.2. The lowest BCUT2D eigenvalue weighted by Gasteiger charge is -2.26. The average Bonchev–Trinajstić information content (AvgIpc) is 2.65. The minimum atomic E-state index is -1.87. The first-order valence-corrected chi connectivity index (χ1v) is 10.9. The quantitative estimate of drug-likeness (QED) is 0.640. The summed E-state index contributed by atoms with van der Waals surface area (Å²) in [6.07, 6.45) is 0. The van der Waals surface area contributed by atoms with Crippen LogP contribution in [0.15, 0.2) is 91.0 Å². The van der Waals surface area contributed by atoms with Crippen LogP contribution in [0.1, 0.15) is 6.92 Å². The maximum Gasteiger partial charge on any atom is 0.189 e. The Hall–Kier alpha value is -1.89. The molecule has 3 heteroatoms.